The van der Waals surface area contributed by atoms with E-state index in [9.17, 15) is 0 Å². The molecule has 0 bridgehead atoms. The van der Waals surface area contributed by atoms with Gasteiger partial charge in [-0.05, 0) is 44.9 Å². The molecule has 0 amide bonds. The minimum absolute atomic E-state index is 0.220. The molecule has 2 nitrogen and oxygen atoms in total. The molecule has 0 N–H and O–H groups in total. The highest BCUT2D eigenvalue weighted by Gasteiger charge is 2.05. The Morgan fingerprint density at radius 2 is 1.80 bits per heavy atom. The van der Waals surface area contributed by atoms with E-state index in [4.69, 9.17) is 10.00 Å². The Balaban J connectivity index is 2.54. The molecule has 0 saturated heterocycles. The first-order valence-electron chi connectivity index (χ1n) is 5.26. The summed E-state index contributed by atoms with van der Waals surface area (Å²) in [6.07, 6.45) is 1.38. The van der Waals surface area contributed by atoms with Gasteiger partial charge in [-0.2, -0.15) is 5.26 Å². The van der Waals surface area contributed by atoms with Crippen molar-refractivity contribution < 1.29 is 4.74 Å². The first-order valence-corrected chi connectivity index (χ1v) is 5.26. The fourth-order valence-electron chi connectivity index (χ4n) is 1.56. The standard InChI is InChI=1S/C13H17NO/c1-10(2)15-11(3)8-12-4-6-13(9-14)7-5-12/h4-7,10-11H,8H2,1-3H3. The lowest BCUT2D eigenvalue weighted by atomic mass is 10.1. The van der Waals surface area contributed by atoms with Crippen molar-refractivity contribution >= 4 is 0 Å². The highest BCUT2D eigenvalue weighted by Crippen LogP contribution is 2.09. The molecule has 0 aliphatic carbocycles. The van der Waals surface area contributed by atoms with Crippen molar-refractivity contribution in [2.24, 2.45) is 0 Å². The van der Waals surface area contributed by atoms with Crippen LogP contribution in [-0.2, 0) is 11.2 Å². The molecular weight excluding hydrogens is 186 g/mol. The molecule has 0 aromatic heterocycles. The second kappa shape index (κ2) is 5.53. The van der Waals surface area contributed by atoms with Crippen LogP contribution in [0.5, 0.6) is 0 Å². The summed E-state index contributed by atoms with van der Waals surface area (Å²) < 4.78 is 5.65. The third-order valence-electron chi connectivity index (χ3n) is 2.11. The molecule has 80 valence electrons. The van der Waals surface area contributed by atoms with Crippen molar-refractivity contribution in [1.29, 1.82) is 5.26 Å². The highest BCUT2D eigenvalue weighted by atomic mass is 16.5. The van der Waals surface area contributed by atoms with Crippen LogP contribution in [-0.4, -0.2) is 12.2 Å². The van der Waals surface area contributed by atoms with Gasteiger partial charge in [0.05, 0.1) is 23.8 Å². The quantitative estimate of drug-likeness (QED) is 0.753. The number of benzene rings is 1. The Kier molecular flexibility index (Phi) is 4.33. The van der Waals surface area contributed by atoms with Crippen LogP contribution < -0.4 is 0 Å². The van der Waals surface area contributed by atoms with Crippen LogP contribution in [0.1, 0.15) is 31.9 Å². The van der Waals surface area contributed by atoms with E-state index in [1.54, 1.807) is 0 Å². The first kappa shape index (κ1) is 11.7. The summed E-state index contributed by atoms with van der Waals surface area (Å²) in [5.74, 6) is 0. The van der Waals surface area contributed by atoms with E-state index in [1.807, 2.05) is 38.1 Å². The summed E-state index contributed by atoms with van der Waals surface area (Å²) in [4.78, 5) is 0. The molecule has 1 aromatic rings. The lowest BCUT2D eigenvalue weighted by Gasteiger charge is -2.15. The Morgan fingerprint density at radius 1 is 1.20 bits per heavy atom. The van der Waals surface area contributed by atoms with Crippen LogP contribution in [0.2, 0.25) is 0 Å². The molecule has 0 spiro atoms. The van der Waals surface area contributed by atoms with Gasteiger partial charge >= 0.3 is 0 Å². The smallest absolute Gasteiger partial charge is 0.0991 e. The fourth-order valence-corrected chi connectivity index (χ4v) is 1.56. The molecule has 0 saturated carbocycles. The van der Waals surface area contributed by atoms with Crippen molar-refractivity contribution in [2.75, 3.05) is 0 Å². The van der Waals surface area contributed by atoms with Crippen LogP contribution in [0.3, 0.4) is 0 Å². The third-order valence-corrected chi connectivity index (χ3v) is 2.11. The molecule has 0 heterocycles. The lowest BCUT2D eigenvalue weighted by molar-refractivity contribution is 0.0195. The third kappa shape index (κ3) is 4.14. The molecule has 2 heteroatoms. The summed E-state index contributed by atoms with van der Waals surface area (Å²) in [6, 6.07) is 9.77. The molecule has 1 aromatic carbocycles. The molecule has 0 fully saturated rings. The van der Waals surface area contributed by atoms with E-state index in [1.165, 1.54) is 5.56 Å². The number of ether oxygens (including phenoxy) is 1. The van der Waals surface area contributed by atoms with Crippen LogP contribution in [0.15, 0.2) is 24.3 Å². The number of nitriles is 1. The average molecular weight is 203 g/mol. The summed E-state index contributed by atoms with van der Waals surface area (Å²) in [5, 5.41) is 8.65. The topological polar surface area (TPSA) is 33.0 Å². The molecule has 1 atom stereocenters. The van der Waals surface area contributed by atoms with Crippen molar-refractivity contribution in [2.45, 2.75) is 39.4 Å². The Bertz CT molecular complexity index is 335. The largest absolute Gasteiger partial charge is 0.376 e. The molecule has 0 aliphatic heterocycles. The molecule has 0 aliphatic rings. The van der Waals surface area contributed by atoms with Gasteiger partial charge < -0.3 is 4.74 Å². The van der Waals surface area contributed by atoms with Gasteiger partial charge in [0, 0.05) is 0 Å². The minimum atomic E-state index is 0.220. The summed E-state index contributed by atoms with van der Waals surface area (Å²) >= 11 is 0. The SMILES string of the molecule is CC(C)OC(C)Cc1ccc(C#N)cc1. The number of hydrogen-bond acceptors (Lipinski definition) is 2. The predicted octanol–water partition coefficient (Wildman–Crippen LogP) is 2.91. The van der Waals surface area contributed by atoms with Crippen LogP contribution in [0, 0.1) is 11.3 Å². The molecule has 0 radical (unpaired) electrons. The van der Waals surface area contributed by atoms with Gasteiger partial charge in [-0.3, -0.25) is 0 Å². The van der Waals surface area contributed by atoms with Crippen LogP contribution in [0.25, 0.3) is 0 Å². The lowest BCUT2D eigenvalue weighted by Crippen LogP contribution is -2.16. The van der Waals surface area contributed by atoms with Crippen molar-refractivity contribution in [1.82, 2.24) is 0 Å². The number of nitrogens with zero attached hydrogens (tertiary/aromatic N) is 1. The van der Waals surface area contributed by atoms with Gasteiger partial charge in [0.1, 0.15) is 0 Å². The number of hydrogen-bond donors (Lipinski definition) is 0. The monoisotopic (exact) mass is 203 g/mol. The van der Waals surface area contributed by atoms with E-state index >= 15 is 0 Å². The van der Waals surface area contributed by atoms with Gasteiger partial charge in [-0.15, -0.1) is 0 Å². The zero-order valence-electron chi connectivity index (χ0n) is 9.53. The molecular formula is C13H17NO. The number of rotatable bonds is 4. The van der Waals surface area contributed by atoms with Gasteiger partial charge in [0.2, 0.25) is 0 Å². The van der Waals surface area contributed by atoms with Crippen LogP contribution in [0.4, 0.5) is 0 Å². The zero-order chi connectivity index (χ0) is 11.3. The van der Waals surface area contributed by atoms with Crippen molar-refractivity contribution in [3.63, 3.8) is 0 Å². The Labute approximate surface area is 91.5 Å². The molecule has 1 unspecified atom stereocenters. The Morgan fingerprint density at radius 3 is 2.27 bits per heavy atom. The van der Waals surface area contributed by atoms with E-state index in [0.29, 0.717) is 5.56 Å². The minimum Gasteiger partial charge on any atom is -0.376 e. The zero-order valence-corrected chi connectivity index (χ0v) is 9.53. The van der Waals surface area contributed by atoms with Crippen molar-refractivity contribution in [3.05, 3.63) is 35.4 Å². The normalized spacial score (nSPS) is 12.5. The fraction of sp³-hybridized carbons (Fsp3) is 0.462. The maximum absolute atomic E-state index is 8.65. The average Bonchev–Trinajstić information content (AvgIpc) is 2.17. The predicted molar refractivity (Wildman–Crippen MR) is 60.5 cm³/mol. The van der Waals surface area contributed by atoms with Gasteiger partial charge in [0.25, 0.3) is 0 Å². The maximum Gasteiger partial charge on any atom is 0.0991 e. The molecule has 15 heavy (non-hydrogen) atoms. The summed E-state index contributed by atoms with van der Waals surface area (Å²) in [5.41, 5.74) is 1.92. The van der Waals surface area contributed by atoms with Gasteiger partial charge in [-0.1, -0.05) is 12.1 Å². The van der Waals surface area contributed by atoms with Gasteiger partial charge in [0.15, 0.2) is 0 Å². The van der Waals surface area contributed by atoms with Gasteiger partial charge in [-0.25, -0.2) is 0 Å². The first-order chi connectivity index (χ1) is 7.11. The van der Waals surface area contributed by atoms with E-state index in [-0.39, 0.29) is 12.2 Å². The van der Waals surface area contributed by atoms with E-state index in [0.717, 1.165) is 6.42 Å². The summed E-state index contributed by atoms with van der Waals surface area (Å²) in [6.45, 7) is 6.14. The highest BCUT2D eigenvalue weighted by molar-refractivity contribution is 5.31. The summed E-state index contributed by atoms with van der Waals surface area (Å²) in [7, 11) is 0. The Hall–Kier alpha value is -1.33. The van der Waals surface area contributed by atoms with Crippen LogP contribution >= 0.6 is 0 Å². The second-order valence-corrected chi connectivity index (χ2v) is 4.01. The van der Waals surface area contributed by atoms with E-state index in [2.05, 4.69) is 13.0 Å². The molecule has 1 rings (SSSR count). The second-order valence-electron chi connectivity index (χ2n) is 4.01. The maximum atomic E-state index is 8.65. The van der Waals surface area contributed by atoms with Crippen molar-refractivity contribution in [3.8, 4) is 6.07 Å². The van der Waals surface area contributed by atoms with E-state index < -0.39 is 0 Å².